The van der Waals surface area contributed by atoms with Gasteiger partial charge in [0.15, 0.2) is 8.32 Å². The smallest absolute Gasteiger partial charge is 0.229 e. The van der Waals surface area contributed by atoms with Crippen LogP contribution in [0.3, 0.4) is 0 Å². The van der Waals surface area contributed by atoms with Crippen LogP contribution in [0.1, 0.15) is 69.9 Å². The average molecular weight is 611 g/mol. The van der Waals surface area contributed by atoms with E-state index in [0.717, 1.165) is 30.2 Å². The van der Waals surface area contributed by atoms with Gasteiger partial charge < -0.3 is 14.5 Å². The summed E-state index contributed by atoms with van der Waals surface area (Å²) in [6.45, 7) is 18.7. The second-order valence-corrected chi connectivity index (χ2v) is 19.9. The van der Waals surface area contributed by atoms with Gasteiger partial charge in [0.2, 0.25) is 10.0 Å². The third kappa shape index (κ3) is 10.3. The SMILES string of the molecule is CCc1cccc(CC(C)(C)NC[C@@H](O[Si](C)(C)C(C)(C)C)c2ccc(OCc3ccccc3)c(NS(C)(=O)=O)c2)c1. The summed E-state index contributed by atoms with van der Waals surface area (Å²) in [6.07, 6.45) is 2.76. The van der Waals surface area contributed by atoms with Crippen LogP contribution in [0.25, 0.3) is 0 Å². The minimum absolute atomic E-state index is 0.00787. The molecule has 0 spiro atoms. The Morgan fingerprint density at radius 1 is 0.857 bits per heavy atom. The maximum atomic E-state index is 12.3. The van der Waals surface area contributed by atoms with Crippen LogP contribution in [-0.4, -0.2) is 35.1 Å². The highest BCUT2D eigenvalue weighted by Crippen LogP contribution is 2.41. The molecule has 8 heteroatoms. The van der Waals surface area contributed by atoms with E-state index in [-0.39, 0.29) is 16.7 Å². The van der Waals surface area contributed by atoms with Gasteiger partial charge in [-0.15, -0.1) is 0 Å². The van der Waals surface area contributed by atoms with E-state index in [1.807, 2.05) is 48.5 Å². The fourth-order valence-corrected chi connectivity index (χ4v) is 6.39. The first kappa shape index (κ1) is 33.8. The number of hydrogen-bond acceptors (Lipinski definition) is 5. The number of hydrogen-bond donors (Lipinski definition) is 2. The highest BCUT2D eigenvalue weighted by atomic mass is 32.2. The molecule has 2 N–H and O–H groups in total. The molecule has 0 saturated carbocycles. The zero-order valence-corrected chi connectivity index (χ0v) is 28.7. The molecule has 0 radical (unpaired) electrons. The van der Waals surface area contributed by atoms with E-state index in [1.54, 1.807) is 0 Å². The van der Waals surface area contributed by atoms with Crippen LogP contribution in [0.15, 0.2) is 72.8 Å². The number of benzene rings is 3. The van der Waals surface area contributed by atoms with Crippen molar-refractivity contribution in [3.8, 4) is 5.75 Å². The average Bonchev–Trinajstić information content (AvgIpc) is 2.89. The Balaban J connectivity index is 1.92. The Morgan fingerprint density at radius 2 is 1.50 bits per heavy atom. The van der Waals surface area contributed by atoms with Crippen molar-refractivity contribution in [2.24, 2.45) is 0 Å². The molecule has 0 bridgehead atoms. The minimum atomic E-state index is -3.54. The molecule has 0 amide bonds. The summed E-state index contributed by atoms with van der Waals surface area (Å²) < 4.78 is 40.4. The largest absolute Gasteiger partial charge is 0.487 e. The molecule has 0 unspecified atom stereocenters. The van der Waals surface area contributed by atoms with Gasteiger partial charge in [-0.3, -0.25) is 4.72 Å². The summed E-state index contributed by atoms with van der Waals surface area (Å²) in [5.74, 6) is 0.475. The van der Waals surface area contributed by atoms with Crippen molar-refractivity contribution in [1.29, 1.82) is 0 Å². The van der Waals surface area contributed by atoms with Crippen LogP contribution in [0.5, 0.6) is 5.75 Å². The monoisotopic (exact) mass is 610 g/mol. The zero-order chi connectivity index (χ0) is 31.2. The first-order chi connectivity index (χ1) is 19.5. The van der Waals surface area contributed by atoms with E-state index >= 15 is 0 Å². The molecule has 6 nitrogen and oxygen atoms in total. The predicted octanol–water partition coefficient (Wildman–Crippen LogP) is 7.87. The highest BCUT2D eigenvalue weighted by Gasteiger charge is 2.40. The molecule has 1 atom stereocenters. The van der Waals surface area contributed by atoms with Crippen molar-refractivity contribution in [1.82, 2.24) is 5.32 Å². The summed E-state index contributed by atoms with van der Waals surface area (Å²) in [5.41, 5.74) is 4.76. The highest BCUT2D eigenvalue weighted by molar-refractivity contribution is 7.92. The zero-order valence-electron chi connectivity index (χ0n) is 26.9. The van der Waals surface area contributed by atoms with Crippen LogP contribution in [0, 0.1) is 0 Å². The molecule has 0 aliphatic rings. The molecule has 0 heterocycles. The molecule has 42 heavy (non-hydrogen) atoms. The predicted molar refractivity (Wildman–Crippen MR) is 178 cm³/mol. The van der Waals surface area contributed by atoms with E-state index in [9.17, 15) is 8.42 Å². The quantitative estimate of drug-likeness (QED) is 0.182. The van der Waals surface area contributed by atoms with Gasteiger partial charge in [0, 0.05) is 12.1 Å². The number of aryl methyl sites for hydroxylation is 1. The number of sulfonamides is 1. The molecule has 3 aromatic rings. The molecule has 0 fully saturated rings. The molecule has 0 aliphatic heterocycles. The molecule has 0 aliphatic carbocycles. The van der Waals surface area contributed by atoms with Gasteiger partial charge >= 0.3 is 0 Å². The van der Waals surface area contributed by atoms with Crippen molar-refractivity contribution >= 4 is 24.0 Å². The van der Waals surface area contributed by atoms with Crippen molar-refractivity contribution in [2.45, 2.75) is 90.8 Å². The Bertz CT molecular complexity index is 1420. The number of anilines is 1. The standard InChI is InChI=1S/C34H50N2O4SSi/c1-10-26-17-14-18-28(21-26)23-34(5,6)35-24-32(40-42(8,9)33(2,3)4)29-19-20-31(30(22-29)36-41(7,37)38)39-25-27-15-12-11-13-16-27/h11-22,32,35-36H,10,23-25H2,1-9H3/t32-/m1/s1. The second-order valence-electron chi connectivity index (χ2n) is 13.4. The minimum Gasteiger partial charge on any atom is -0.487 e. The number of rotatable bonds is 14. The van der Waals surface area contributed by atoms with Crippen molar-refractivity contribution in [3.05, 3.63) is 95.1 Å². The Labute approximate surface area is 255 Å². The first-order valence-electron chi connectivity index (χ1n) is 14.8. The molecule has 230 valence electrons. The molecular weight excluding hydrogens is 561 g/mol. The van der Waals surface area contributed by atoms with Gasteiger partial charge in [0.25, 0.3) is 0 Å². The fourth-order valence-electron chi connectivity index (χ4n) is 4.55. The van der Waals surface area contributed by atoms with Crippen molar-refractivity contribution in [2.75, 3.05) is 17.5 Å². The summed E-state index contributed by atoms with van der Waals surface area (Å²) in [5, 5.41) is 3.78. The Hall–Kier alpha value is -2.65. The van der Waals surface area contributed by atoms with Crippen molar-refractivity contribution < 1.29 is 17.6 Å². The lowest BCUT2D eigenvalue weighted by molar-refractivity contribution is 0.166. The van der Waals surface area contributed by atoms with Gasteiger partial charge in [0.1, 0.15) is 12.4 Å². The molecule has 0 saturated heterocycles. The van der Waals surface area contributed by atoms with Gasteiger partial charge in [-0.25, -0.2) is 8.42 Å². The Morgan fingerprint density at radius 3 is 2.12 bits per heavy atom. The van der Waals surface area contributed by atoms with E-state index in [1.165, 1.54) is 11.1 Å². The molecule has 3 aromatic carbocycles. The van der Waals surface area contributed by atoms with Gasteiger partial charge in [-0.1, -0.05) is 88.4 Å². The van der Waals surface area contributed by atoms with E-state index < -0.39 is 18.3 Å². The lowest BCUT2D eigenvalue weighted by Crippen LogP contribution is -2.47. The summed E-state index contributed by atoms with van der Waals surface area (Å²) >= 11 is 0. The number of ether oxygens (including phenoxy) is 1. The lowest BCUT2D eigenvalue weighted by atomic mass is 9.93. The number of nitrogens with one attached hydrogen (secondary N) is 2. The maximum Gasteiger partial charge on any atom is 0.229 e. The normalized spacial score (nSPS) is 13.5. The third-order valence-electron chi connectivity index (χ3n) is 7.96. The molecular formula is C34H50N2O4SSi. The fraction of sp³-hybridized carbons (Fsp3) is 0.471. The first-order valence-corrected chi connectivity index (χ1v) is 19.6. The molecule has 3 rings (SSSR count). The summed E-state index contributed by atoms with van der Waals surface area (Å²) in [4.78, 5) is 0. The van der Waals surface area contributed by atoms with Crippen LogP contribution in [-0.2, 0) is 33.9 Å². The Kier molecular flexibility index (Phi) is 11.1. The van der Waals surface area contributed by atoms with Crippen LogP contribution >= 0.6 is 0 Å². The van der Waals surface area contributed by atoms with E-state index in [4.69, 9.17) is 9.16 Å². The van der Waals surface area contributed by atoms with E-state index in [0.29, 0.717) is 24.6 Å². The topological polar surface area (TPSA) is 76.7 Å². The van der Waals surface area contributed by atoms with E-state index in [2.05, 4.69) is 88.9 Å². The summed E-state index contributed by atoms with van der Waals surface area (Å²) in [6, 6.07) is 24.3. The van der Waals surface area contributed by atoms with Crippen LogP contribution in [0.2, 0.25) is 18.1 Å². The molecule has 0 aromatic heterocycles. The van der Waals surface area contributed by atoms with Crippen LogP contribution < -0.4 is 14.8 Å². The van der Waals surface area contributed by atoms with Crippen molar-refractivity contribution in [3.63, 3.8) is 0 Å². The van der Waals surface area contributed by atoms with Gasteiger partial charge in [0.05, 0.1) is 18.0 Å². The van der Waals surface area contributed by atoms with Gasteiger partial charge in [-0.05, 0) is 79.2 Å². The maximum absolute atomic E-state index is 12.3. The summed E-state index contributed by atoms with van der Waals surface area (Å²) in [7, 11) is -5.72. The van der Waals surface area contributed by atoms with Gasteiger partial charge in [-0.2, -0.15) is 0 Å². The van der Waals surface area contributed by atoms with Crippen LogP contribution in [0.4, 0.5) is 5.69 Å². The third-order valence-corrected chi connectivity index (χ3v) is 13.0. The second kappa shape index (κ2) is 13.8. The lowest BCUT2D eigenvalue weighted by Gasteiger charge is -2.40.